The molecule has 1 unspecified atom stereocenters. The van der Waals surface area contributed by atoms with Crippen molar-refractivity contribution in [2.75, 3.05) is 18.5 Å². The zero-order valence-corrected chi connectivity index (χ0v) is 17.9. The molecule has 1 N–H and O–H groups in total. The normalized spacial score (nSPS) is 16.3. The molecule has 0 aromatic heterocycles. The highest BCUT2D eigenvalue weighted by molar-refractivity contribution is 6.31. The third kappa shape index (κ3) is 5.11. The van der Waals surface area contributed by atoms with Crippen molar-refractivity contribution < 1.29 is 23.5 Å². The van der Waals surface area contributed by atoms with Gasteiger partial charge < -0.3 is 15.0 Å². The Morgan fingerprint density at radius 1 is 1.19 bits per heavy atom. The van der Waals surface area contributed by atoms with Crippen LogP contribution in [0.1, 0.15) is 31.7 Å². The highest BCUT2D eigenvalue weighted by Gasteiger charge is 2.38. The van der Waals surface area contributed by atoms with Gasteiger partial charge in [0.05, 0.1) is 12.2 Å². The van der Waals surface area contributed by atoms with E-state index < -0.39 is 23.6 Å². The van der Waals surface area contributed by atoms with E-state index in [2.05, 4.69) is 5.32 Å². The summed E-state index contributed by atoms with van der Waals surface area (Å²) < 4.78 is 18.3. The first kappa shape index (κ1) is 22.5. The number of hydrogen-bond acceptors (Lipinski definition) is 4. The van der Waals surface area contributed by atoms with Crippen LogP contribution < -0.4 is 5.32 Å². The van der Waals surface area contributed by atoms with Crippen LogP contribution >= 0.6 is 11.6 Å². The summed E-state index contributed by atoms with van der Waals surface area (Å²) in [4.78, 5) is 39.5. The molecule has 6 nitrogen and oxygen atoms in total. The van der Waals surface area contributed by atoms with E-state index in [0.29, 0.717) is 27.5 Å². The molecule has 0 fully saturated rings. The molecule has 2 aromatic carbocycles. The summed E-state index contributed by atoms with van der Waals surface area (Å²) in [6.07, 6.45) is -0.0287. The fraction of sp³-hybridized carbons (Fsp3) is 0.261. The molecule has 162 valence electrons. The van der Waals surface area contributed by atoms with Gasteiger partial charge in [-0.3, -0.25) is 9.59 Å². The number of anilines is 1. The number of halogens is 2. The number of allylic oxidation sites excluding steroid dienone is 1. The van der Waals surface area contributed by atoms with E-state index in [-0.39, 0.29) is 25.5 Å². The Labute approximate surface area is 184 Å². The van der Waals surface area contributed by atoms with Gasteiger partial charge in [0, 0.05) is 28.7 Å². The van der Waals surface area contributed by atoms with Gasteiger partial charge in [0.25, 0.3) is 0 Å². The van der Waals surface area contributed by atoms with Crippen molar-refractivity contribution >= 4 is 35.1 Å². The highest BCUT2D eigenvalue weighted by Crippen LogP contribution is 2.39. The third-order valence-electron chi connectivity index (χ3n) is 5.03. The van der Waals surface area contributed by atoms with Gasteiger partial charge in [-0.2, -0.15) is 0 Å². The first-order chi connectivity index (χ1) is 14.8. The van der Waals surface area contributed by atoms with E-state index in [1.165, 1.54) is 29.2 Å². The minimum Gasteiger partial charge on any atom is -0.463 e. The maximum atomic E-state index is 13.1. The average molecular weight is 445 g/mol. The van der Waals surface area contributed by atoms with Gasteiger partial charge in [-0.25, -0.2) is 9.18 Å². The van der Waals surface area contributed by atoms with E-state index >= 15 is 0 Å². The van der Waals surface area contributed by atoms with Crippen molar-refractivity contribution in [3.63, 3.8) is 0 Å². The summed E-state index contributed by atoms with van der Waals surface area (Å²) in [5.41, 5.74) is 1.69. The van der Waals surface area contributed by atoms with Gasteiger partial charge >= 0.3 is 5.97 Å². The van der Waals surface area contributed by atoms with Crippen molar-refractivity contribution in [1.29, 1.82) is 0 Å². The number of carbonyl (C=O) groups excluding carboxylic acids is 3. The molecule has 0 saturated carbocycles. The molecule has 31 heavy (non-hydrogen) atoms. The molecule has 0 saturated heterocycles. The lowest BCUT2D eigenvalue weighted by Gasteiger charge is -2.34. The molecule has 0 radical (unpaired) electrons. The molecule has 2 aromatic rings. The van der Waals surface area contributed by atoms with Gasteiger partial charge in [-0.1, -0.05) is 29.8 Å². The van der Waals surface area contributed by atoms with Crippen LogP contribution in [0.3, 0.4) is 0 Å². The van der Waals surface area contributed by atoms with Gasteiger partial charge in [0.2, 0.25) is 11.8 Å². The van der Waals surface area contributed by atoms with Crippen LogP contribution in [-0.2, 0) is 19.1 Å². The average Bonchev–Trinajstić information content (AvgIpc) is 2.73. The molecule has 2 amide bonds. The van der Waals surface area contributed by atoms with Crippen molar-refractivity contribution in [3.8, 4) is 0 Å². The smallest absolute Gasteiger partial charge is 0.336 e. The van der Waals surface area contributed by atoms with Gasteiger partial charge in [-0.15, -0.1) is 0 Å². The monoisotopic (exact) mass is 444 g/mol. The SMILES string of the molecule is CCOC(=O)C1=C(C)N(CC(=O)Nc2ccc(F)cc2)C(=O)CC1c1ccccc1Cl. The summed E-state index contributed by atoms with van der Waals surface area (Å²) >= 11 is 6.33. The Kier molecular flexibility index (Phi) is 7.07. The topological polar surface area (TPSA) is 75.7 Å². The lowest BCUT2D eigenvalue weighted by molar-refractivity contribution is -0.140. The molecule has 0 aliphatic carbocycles. The van der Waals surface area contributed by atoms with Gasteiger partial charge in [0.15, 0.2) is 0 Å². The number of hydrogen-bond donors (Lipinski definition) is 1. The first-order valence-electron chi connectivity index (χ1n) is 9.80. The van der Waals surface area contributed by atoms with Crippen LogP contribution in [0.25, 0.3) is 0 Å². The molecule has 1 aliphatic heterocycles. The van der Waals surface area contributed by atoms with Crippen LogP contribution in [-0.4, -0.2) is 35.8 Å². The fourth-order valence-electron chi connectivity index (χ4n) is 3.58. The Morgan fingerprint density at radius 3 is 2.52 bits per heavy atom. The summed E-state index contributed by atoms with van der Waals surface area (Å²) in [6.45, 7) is 3.18. The molecule has 0 bridgehead atoms. The number of nitrogens with one attached hydrogen (secondary N) is 1. The zero-order valence-electron chi connectivity index (χ0n) is 17.2. The maximum absolute atomic E-state index is 13.1. The van der Waals surface area contributed by atoms with E-state index in [0.717, 1.165) is 0 Å². The molecule has 1 atom stereocenters. The van der Waals surface area contributed by atoms with E-state index in [1.54, 1.807) is 38.1 Å². The minimum absolute atomic E-state index is 0.0287. The second-order valence-electron chi connectivity index (χ2n) is 7.03. The third-order valence-corrected chi connectivity index (χ3v) is 5.37. The summed E-state index contributed by atoms with van der Waals surface area (Å²) in [5, 5.41) is 3.06. The van der Waals surface area contributed by atoms with Crippen LogP contribution in [0.5, 0.6) is 0 Å². The van der Waals surface area contributed by atoms with E-state index in [4.69, 9.17) is 16.3 Å². The van der Waals surface area contributed by atoms with Crippen molar-refractivity contribution in [3.05, 3.63) is 76.2 Å². The van der Waals surface area contributed by atoms with Crippen LogP contribution in [0.15, 0.2) is 59.8 Å². The largest absolute Gasteiger partial charge is 0.463 e. The predicted octanol–water partition coefficient (Wildman–Crippen LogP) is 4.27. The zero-order chi connectivity index (χ0) is 22.5. The summed E-state index contributed by atoms with van der Waals surface area (Å²) in [5.74, 6) is -2.34. The maximum Gasteiger partial charge on any atom is 0.336 e. The molecule has 0 spiro atoms. The van der Waals surface area contributed by atoms with Crippen LogP contribution in [0, 0.1) is 5.82 Å². The lowest BCUT2D eigenvalue weighted by Crippen LogP contribution is -2.42. The molecule has 3 rings (SSSR count). The Balaban J connectivity index is 1.91. The Bertz CT molecular complexity index is 1040. The highest BCUT2D eigenvalue weighted by atomic mass is 35.5. The summed E-state index contributed by atoms with van der Waals surface area (Å²) in [6, 6.07) is 12.3. The van der Waals surface area contributed by atoms with Crippen molar-refractivity contribution in [2.24, 2.45) is 0 Å². The fourth-order valence-corrected chi connectivity index (χ4v) is 3.84. The van der Waals surface area contributed by atoms with Gasteiger partial charge in [0.1, 0.15) is 12.4 Å². The molecular weight excluding hydrogens is 423 g/mol. The molecule has 1 aliphatic rings. The number of ether oxygens (including phenoxy) is 1. The second kappa shape index (κ2) is 9.75. The van der Waals surface area contributed by atoms with Crippen molar-refractivity contribution in [1.82, 2.24) is 4.90 Å². The number of nitrogens with zero attached hydrogens (tertiary/aromatic N) is 1. The van der Waals surface area contributed by atoms with Gasteiger partial charge in [-0.05, 0) is 49.7 Å². The number of rotatable bonds is 6. The molecule has 8 heteroatoms. The lowest BCUT2D eigenvalue weighted by atomic mass is 9.83. The molecular formula is C23H22ClFN2O4. The standard InChI is InChI=1S/C23H22ClFN2O4/c1-3-31-23(30)22-14(2)27(13-20(28)26-16-10-8-15(25)9-11-16)21(29)12-18(22)17-6-4-5-7-19(17)24/h4-11,18H,3,12-13H2,1-2H3,(H,26,28). The number of carbonyl (C=O) groups is 3. The Morgan fingerprint density at radius 2 is 1.87 bits per heavy atom. The Hall–Kier alpha value is -3.19. The number of esters is 1. The minimum atomic E-state index is -0.573. The van der Waals surface area contributed by atoms with Crippen LogP contribution in [0.4, 0.5) is 10.1 Å². The first-order valence-corrected chi connectivity index (χ1v) is 10.2. The molecule has 1 heterocycles. The van der Waals surface area contributed by atoms with Crippen molar-refractivity contribution in [2.45, 2.75) is 26.2 Å². The second-order valence-corrected chi connectivity index (χ2v) is 7.44. The number of amides is 2. The van der Waals surface area contributed by atoms with E-state index in [1.807, 2.05) is 0 Å². The number of benzene rings is 2. The quantitative estimate of drug-likeness (QED) is 0.675. The summed E-state index contributed by atoms with van der Waals surface area (Å²) in [7, 11) is 0. The predicted molar refractivity (Wildman–Crippen MR) is 115 cm³/mol. The van der Waals surface area contributed by atoms with Crippen LogP contribution in [0.2, 0.25) is 5.02 Å². The van der Waals surface area contributed by atoms with E-state index in [9.17, 15) is 18.8 Å².